The molecule has 0 atom stereocenters. The molecular formula is C13H15BrO5S. The van der Waals surface area contributed by atoms with Crippen molar-refractivity contribution in [1.29, 1.82) is 0 Å². The van der Waals surface area contributed by atoms with Gasteiger partial charge >= 0.3 is 5.97 Å². The zero-order valence-electron chi connectivity index (χ0n) is 10.9. The summed E-state index contributed by atoms with van der Waals surface area (Å²) in [6.07, 6.45) is 2.40. The highest BCUT2D eigenvalue weighted by Gasteiger charge is 2.09. The smallest absolute Gasteiger partial charge is 0.328 e. The van der Waals surface area contributed by atoms with E-state index in [-0.39, 0.29) is 18.1 Å². The van der Waals surface area contributed by atoms with Crippen LogP contribution in [0.15, 0.2) is 28.7 Å². The van der Waals surface area contributed by atoms with E-state index in [0.717, 1.165) is 10.5 Å². The van der Waals surface area contributed by atoms with Gasteiger partial charge in [-0.25, -0.2) is 13.2 Å². The molecule has 1 rings (SSSR count). The molecule has 0 spiro atoms. The molecule has 20 heavy (non-hydrogen) atoms. The standard InChI is InChI=1S/C13H15BrO5S/c1-2-20(17,18)8-7-19-12-5-4-11(14)9-10(12)3-6-13(15)16/h3-6,9H,2,7-8H2,1H3,(H,15,16)/b6-3+. The Bertz CT molecular complexity index is 607. The minimum absolute atomic E-state index is 0.0334. The van der Waals surface area contributed by atoms with E-state index in [0.29, 0.717) is 11.3 Å². The molecule has 0 aliphatic carbocycles. The Hall–Kier alpha value is -1.34. The number of ether oxygens (including phenoxy) is 1. The quantitative estimate of drug-likeness (QED) is 0.753. The van der Waals surface area contributed by atoms with Crippen molar-refractivity contribution >= 4 is 37.8 Å². The predicted octanol–water partition coefficient (Wildman–Crippen LogP) is 2.36. The Labute approximate surface area is 126 Å². The first kappa shape index (κ1) is 16.7. The highest BCUT2D eigenvalue weighted by molar-refractivity contribution is 9.10. The first-order chi connectivity index (χ1) is 9.34. The number of benzene rings is 1. The van der Waals surface area contributed by atoms with Gasteiger partial charge < -0.3 is 9.84 Å². The van der Waals surface area contributed by atoms with Gasteiger partial charge in [-0.3, -0.25) is 0 Å². The second-order valence-corrected chi connectivity index (χ2v) is 7.33. The summed E-state index contributed by atoms with van der Waals surface area (Å²) in [6.45, 7) is 1.61. The number of hydrogen-bond donors (Lipinski definition) is 1. The van der Waals surface area contributed by atoms with Gasteiger partial charge in [0.1, 0.15) is 12.4 Å². The second kappa shape index (κ2) is 7.44. The topological polar surface area (TPSA) is 80.7 Å². The van der Waals surface area contributed by atoms with Gasteiger partial charge in [0.2, 0.25) is 0 Å². The van der Waals surface area contributed by atoms with Crippen LogP contribution in [0.4, 0.5) is 0 Å². The summed E-state index contributed by atoms with van der Waals surface area (Å²) in [5, 5.41) is 8.63. The van der Waals surface area contributed by atoms with Gasteiger partial charge in [0.15, 0.2) is 9.84 Å². The maximum absolute atomic E-state index is 11.4. The zero-order valence-corrected chi connectivity index (χ0v) is 13.3. The number of aliphatic carboxylic acids is 1. The normalized spacial score (nSPS) is 11.7. The highest BCUT2D eigenvalue weighted by atomic mass is 79.9. The van der Waals surface area contributed by atoms with Gasteiger partial charge in [-0.2, -0.15) is 0 Å². The van der Waals surface area contributed by atoms with Crippen LogP contribution in [0.5, 0.6) is 5.75 Å². The van der Waals surface area contributed by atoms with E-state index in [1.165, 1.54) is 6.08 Å². The largest absolute Gasteiger partial charge is 0.492 e. The van der Waals surface area contributed by atoms with Crippen LogP contribution in [0.2, 0.25) is 0 Å². The van der Waals surface area contributed by atoms with Crippen molar-refractivity contribution in [3.63, 3.8) is 0 Å². The van der Waals surface area contributed by atoms with E-state index >= 15 is 0 Å². The first-order valence-corrected chi connectivity index (χ1v) is 8.49. The van der Waals surface area contributed by atoms with Crippen molar-refractivity contribution in [1.82, 2.24) is 0 Å². The van der Waals surface area contributed by atoms with Crippen LogP contribution in [0.25, 0.3) is 6.08 Å². The summed E-state index contributed by atoms with van der Waals surface area (Å²) in [6, 6.07) is 5.09. The number of carbonyl (C=O) groups is 1. The number of hydrogen-bond acceptors (Lipinski definition) is 4. The molecule has 0 aromatic heterocycles. The maximum Gasteiger partial charge on any atom is 0.328 e. The lowest BCUT2D eigenvalue weighted by atomic mass is 10.2. The molecular weight excluding hydrogens is 348 g/mol. The van der Waals surface area contributed by atoms with Gasteiger partial charge in [0.05, 0.1) is 5.75 Å². The van der Waals surface area contributed by atoms with Crippen molar-refractivity contribution in [3.05, 3.63) is 34.3 Å². The van der Waals surface area contributed by atoms with Crippen molar-refractivity contribution < 1.29 is 23.1 Å². The lowest BCUT2D eigenvalue weighted by Crippen LogP contribution is -2.15. The average molecular weight is 363 g/mol. The molecule has 0 aliphatic rings. The Kier molecular flexibility index (Phi) is 6.22. The van der Waals surface area contributed by atoms with Crippen LogP contribution in [-0.4, -0.2) is 37.6 Å². The number of halogens is 1. The van der Waals surface area contributed by atoms with E-state index in [1.807, 2.05) is 0 Å². The molecule has 110 valence electrons. The van der Waals surface area contributed by atoms with Crippen molar-refractivity contribution in [2.24, 2.45) is 0 Å². The third kappa shape index (κ3) is 5.75. The van der Waals surface area contributed by atoms with Crippen molar-refractivity contribution in [3.8, 4) is 5.75 Å². The predicted molar refractivity (Wildman–Crippen MR) is 80.6 cm³/mol. The molecule has 0 saturated heterocycles. The summed E-state index contributed by atoms with van der Waals surface area (Å²) in [7, 11) is -3.08. The fourth-order valence-electron chi connectivity index (χ4n) is 1.37. The minimum Gasteiger partial charge on any atom is -0.492 e. The molecule has 0 radical (unpaired) electrons. The summed E-state index contributed by atoms with van der Waals surface area (Å²) in [5.74, 6) is -0.620. The molecule has 1 aromatic carbocycles. The van der Waals surface area contributed by atoms with Crippen LogP contribution >= 0.6 is 15.9 Å². The third-order valence-corrected chi connectivity index (χ3v) is 4.63. The summed E-state index contributed by atoms with van der Waals surface area (Å²) in [5.41, 5.74) is 0.565. The van der Waals surface area contributed by atoms with Crippen LogP contribution in [-0.2, 0) is 14.6 Å². The number of carboxylic acid groups (broad SMARTS) is 1. The molecule has 0 aliphatic heterocycles. The molecule has 0 amide bonds. The number of rotatable bonds is 7. The lowest BCUT2D eigenvalue weighted by Gasteiger charge is -2.09. The van der Waals surface area contributed by atoms with Crippen molar-refractivity contribution in [2.45, 2.75) is 6.92 Å². The van der Waals surface area contributed by atoms with Gasteiger partial charge in [-0.15, -0.1) is 0 Å². The molecule has 0 heterocycles. The van der Waals surface area contributed by atoms with Crippen LogP contribution < -0.4 is 4.74 Å². The summed E-state index contributed by atoms with van der Waals surface area (Å²) >= 11 is 3.28. The van der Waals surface area contributed by atoms with Gasteiger partial charge in [0.25, 0.3) is 0 Å². The molecule has 7 heteroatoms. The number of sulfone groups is 1. The van der Waals surface area contributed by atoms with Crippen LogP contribution in [0.1, 0.15) is 12.5 Å². The zero-order chi connectivity index (χ0) is 15.2. The SMILES string of the molecule is CCS(=O)(=O)CCOc1ccc(Br)cc1/C=C/C(=O)O. The van der Waals surface area contributed by atoms with Gasteiger partial charge in [0, 0.05) is 21.9 Å². The monoisotopic (exact) mass is 362 g/mol. The van der Waals surface area contributed by atoms with Crippen LogP contribution in [0.3, 0.4) is 0 Å². The molecule has 0 saturated carbocycles. The van der Waals surface area contributed by atoms with E-state index in [1.54, 1.807) is 25.1 Å². The Morgan fingerprint density at radius 2 is 2.15 bits per heavy atom. The Morgan fingerprint density at radius 1 is 1.45 bits per heavy atom. The van der Waals surface area contributed by atoms with E-state index in [2.05, 4.69) is 15.9 Å². The molecule has 1 N–H and O–H groups in total. The molecule has 0 unspecified atom stereocenters. The van der Waals surface area contributed by atoms with Gasteiger partial charge in [-0.05, 0) is 24.3 Å². The second-order valence-electron chi connectivity index (χ2n) is 3.94. The Balaban J connectivity index is 2.81. The number of carboxylic acids is 1. The van der Waals surface area contributed by atoms with E-state index in [9.17, 15) is 13.2 Å². The first-order valence-electron chi connectivity index (χ1n) is 5.88. The lowest BCUT2D eigenvalue weighted by molar-refractivity contribution is -0.131. The molecule has 5 nitrogen and oxygen atoms in total. The maximum atomic E-state index is 11.4. The van der Waals surface area contributed by atoms with E-state index in [4.69, 9.17) is 9.84 Å². The summed E-state index contributed by atoms with van der Waals surface area (Å²) in [4.78, 5) is 10.5. The summed E-state index contributed by atoms with van der Waals surface area (Å²) < 4.78 is 28.9. The van der Waals surface area contributed by atoms with Crippen LogP contribution in [0, 0.1) is 0 Å². The minimum atomic E-state index is -3.08. The molecule has 1 aromatic rings. The molecule has 0 bridgehead atoms. The van der Waals surface area contributed by atoms with Gasteiger partial charge in [-0.1, -0.05) is 22.9 Å². The molecule has 0 fully saturated rings. The Morgan fingerprint density at radius 3 is 2.75 bits per heavy atom. The van der Waals surface area contributed by atoms with E-state index < -0.39 is 15.8 Å². The third-order valence-electron chi connectivity index (χ3n) is 2.47. The highest BCUT2D eigenvalue weighted by Crippen LogP contribution is 2.24. The fourth-order valence-corrected chi connectivity index (χ4v) is 2.37. The fraction of sp³-hybridized carbons (Fsp3) is 0.308. The van der Waals surface area contributed by atoms with Crippen molar-refractivity contribution in [2.75, 3.05) is 18.1 Å². The average Bonchev–Trinajstić information content (AvgIpc) is 2.38.